The summed E-state index contributed by atoms with van der Waals surface area (Å²) >= 11 is 1.88. The zero-order chi connectivity index (χ0) is 18.9. The Hall–Kier alpha value is -1.49. The van der Waals surface area contributed by atoms with Gasteiger partial charge >= 0.3 is 12.2 Å². The molecule has 2 heterocycles. The van der Waals surface area contributed by atoms with Crippen LogP contribution >= 0.6 is 22.6 Å². The minimum Gasteiger partial charge on any atom is -0.335 e. The Labute approximate surface area is 163 Å². The van der Waals surface area contributed by atoms with Crippen molar-refractivity contribution in [1.29, 1.82) is 0 Å². The molecule has 1 aliphatic heterocycles. The van der Waals surface area contributed by atoms with E-state index in [0.29, 0.717) is 20.3 Å². The Morgan fingerprint density at radius 1 is 1.31 bits per heavy atom. The molecule has 0 saturated carbocycles. The number of nitrogens with zero attached hydrogens (tertiary/aromatic N) is 2. The van der Waals surface area contributed by atoms with Crippen molar-refractivity contribution in [3.8, 4) is 0 Å². The monoisotopic (exact) mass is 480 g/mol. The number of likely N-dealkylation sites (tertiary alicyclic amines) is 1. The summed E-state index contributed by atoms with van der Waals surface area (Å²) in [6.45, 7) is 0.804. The van der Waals surface area contributed by atoms with Crippen LogP contribution in [0.3, 0.4) is 0 Å². The van der Waals surface area contributed by atoms with Crippen LogP contribution < -0.4 is 10.6 Å². The summed E-state index contributed by atoms with van der Waals surface area (Å²) in [7, 11) is 2.05. The van der Waals surface area contributed by atoms with Crippen molar-refractivity contribution in [1.82, 2.24) is 14.8 Å². The van der Waals surface area contributed by atoms with Gasteiger partial charge in [0.15, 0.2) is 0 Å². The number of benzene rings is 1. The molecule has 0 unspecified atom stereocenters. The average Bonchev–Trinajstić information content (AvgIpc) is 2.85. The fraction of sp³-hybridized carbons (Fsp3) is 0.471. The maximum atomic E-state index is 12.8. The Balaban J connectivity index is 1.76. The average molecular weight is 480 g/mol. The van der Waals surface area contributed by atoms with E-state index in [1.165, 1.54) is 4.57 Å². The van der Waals surface area contributed by atoms with E-state index in [2.05, 4.69) is 15.5 Å². The first kappa shape index (κ1) is 19.3. The second-order valence-electron chi connectivity index (χ2n) is 6.58. The number of piperidine rings is 1. The lowest BCUT2D eigenvalue weighted by Crippen LogP contribution is -2.44. The third-order valence-corrected chi connectivity index (χ3v) is 5.43. The first-order chi connectivity index (χ1) is 12.2. The van der Waals surface area contributed by atoms with E-state index >= 15 is 0 Å². The van der Waals surface area contributed by atoms with Crippen molar-refractivity contribution in [3.63, 3.8) is 0 Å². The van der Waals surface area contributed by atoms with Gasteiger partial charge < -0.3 is 20.1 Å². The summed E-state index contributed by atoms with van der Waals surface area (Å²) in [5, 5.41) is 6.33. The van der Waals surface area contributed by atoms with Crippen molar-refractivity contribution in [2.45, 2.75) is 31.6 Å². The number of alkyl halides is 3. The first-order valence-electron chi connectivity index (χ1n) is 8.33. The largest absolute Gasteiger partial charge is 0.406 e. The molecule has 1 fully saturated rings. The number of carbonyl (C=O) groups excluding carboxylic acids is 1. The van der Waals surface area contributed by atoms with Crippen LogP contribution in [0, 0.1) is 3.70 Å². The molecule has 2 aromatic rings. The Kier molecular flexibility index (Phi) is 5.66. The summed E-state index contributed by atoms with van der Waals surface area (Å²) in [5.41, 5.74) is 0.954. The molecule has 2 amide bonds. The second kappa shape index (κ2) is 7.63. The summed E-state index contributed by atoms with van der Waals surface area (Å²) < 4.78 is 40.1. The van der Waals surface area contributed by atoms with Crippen molar-refractivity contribution in [2.75, 3.05) is 25.5 Å². The highest BCUT2D eigenvalue weighted by molar-refractivity contribution is 14.1. The van der Waals surface area contributed by atoms with Gasteiger partial charge in [0, 0.05) is 11.4 Å². The molecule has 0 radical (unpaired) electrons. The highest BCUT2D eigenvalue weighted by atomic mass is 127. The number of urea groups is 1. The highest BCUT2D eigenvalue weighted by Crippen LogP contribution is 2.30. The summed E-state index contributed by atoms with van der Waals surface area (Å²) in [4.78, 5) is 14.5. The predicted octanol–water partition coefficient (Wildman–Crippen LogP) is 4.02. The number of halogens is 4. The molecule has 0 spiro atoms. The van der Waals surface area contributed by atoms with Gasteiger partial charge in [0.05, 0.1) is 14.9 Å². The molecule has 26 heavy (non-hydrogen) atoms. The van der Waals surface area contributed by atoms with Crippen LogP contribution in [0.2, 0.25) is 0 Å². The highest BCUT2D eigenvalue weighted by Gasteiger charge is 2.29. The number of anilines is 1. The van der Waals surface area contributed by atoms with Gasteiger partial charge in [-0.25, -0.2) is 4.79 Å². The maximum Gasteiger partial charge on any atom is 0.406 e. The van der Waals surface area contributed by atoms with Crippen LogP contribution in [0.1, 0.15) is 12.8 Å². The van der Waals surface area contributed by atoms with Crippen molar-refractivity contribution in [3.05, 3.63) is 28.0 Å². The molecule has 9 heteroatoms. The van der Waals surface area contributed by atoms with Crippen LogP contribution in [-0.2, 0) is 6.54 Å². The van der Waals surface area contributed by atoms with Crippen molar-refractivity contribution >= 4 is 45.2 Å². The number of hydrogen-bond donors (Lipinski definition) is 2. The third kappa shape index (κ3) is 4.61. The molecule has 1 saturated heterocycles. The van der Waals surface area contributed by atoms with Gasteiger partial charge in [-0.2, -0.15) is 13.2 Å². The van der Waals surface area contributed by atoms with E-state index in [4.69, 9.17) is 0 Å². The fourth-order valence-electron chi connectivity index (χ4n) is 3.20. The molecule has 0 bridgehead atoms. The molecule has 142 valence electrons. The number of amides is 2. The normalized spacial score (nSPS) is 16.8. The van der Waals surface area contributed by atoms with Crippen molar-refractivity contribution in [2.24, 2.45) is 0 Å². The molecule has 3 rings (SSSR count). The molecule has 1 aromatic heterocycles. The van der Waals surface area contributed by atoms with E-state index in [0.717, 1.165) is 25.9 Å². The van der Waals surface area contributed by atoms with E-state index in [1.54, 1.807) is 24.3 Å². The third-order valence-electron chi connectivity index (χ3n) is 4.53. The van der Waals surface area contributed by atoms with E-state index in [-0.39, 0.29) is 12.1 Å². The van der Waals surface area contributed by atoms with Crippen LogP contribution in [-0.4, -0.2) is 47.9 Å². The number of nitrogens with one attached hydrogen (secondary N) is 2. The van der Waals surface area contributed by atoms with Crippen molar-refractivity contribution < 1.29 is 18.0 Å². The minimum atomic E-state index is -4.30. The number of fused-ring (bicyclic) bond motifs is 1. The topological polar surface area (TPSA) is 49.3 Å². The lowest BCUT2D eigenvalue weighted by Gasteiger charge is -2.29. The van der Waals surface area contributed by atoms with E-state index in [9.17, 15) is 18.0 Å². The quantitative estimate of drug-likeness (QED) is 0.653. The number of aromatic nitrogens is 1. The molecule has 1 aliphatic rings. The number of rotatable bonds is 3. The Morgan fingerprint density at radius 2 is 2.00 bits per heavy atom. The van der Waals surface area contributed by atoms with Gasteiger partial charge in [-0.05, 0) is 73.8 Å². The molecule has 5 nitrogen and oxygen atoms in total. The number of hydrogen-bond acceptors (Lipinski definition) is 2. The summed E-state index contributed by atoms with van der Waals surface area (Å²) in [6, 6.07) is 6.42. The lowest BCUT2D eigenvalue weighted by atomic mass is 10.1. The van der Waals surface area contributed by atoms with Gasteiger partial charge in [-0.15, -0.1) is 0 Å². The van der Waals surface area contributed by atoms with Gasteiger partial charge in [-0.1, -0.05) is 6.07 Å². The van der Waals surface area contributed by atoms with Crippen LogP contribution in [0.4, 0.5) is 23.7 Å². The van der Waals surface area contributed by atoms with Gasteiger partial charge in [-0.3, -0.25) is 0 Å². The second-order valence-corrected chi connectivity index (χ2v) is 7.69. The Morgan fingerprint density at radius 3 is 2.65 bits per heavy atom. The molecular formula is C17H20F3IN4O. The van der Waals surface area contributed by atoms with Gasteiger partial charge in [0.2, 0.25) is 0 Å². The zero-order valence-corrected chi connectivity index (χ0v) is 16.4. The van der Waals surface area contributed by atoms with E-state index < -0.39 is 12.7 Å². The van der Waals surface area contributed by atoms with Crippen LogP contribution in [0.5, 0.6) is 0 Å². The lowest BCUT2D eigenvalue weighted by molar-refractivity contribution is -0.140. The zero-order valence-electron chi connectivity index (χ0n) is 14.2. The molecular weight excluding hydrogens is 460 g/mol. The SMILES string of the molecule is CN1CCC(NC(=O)Nc2cccc3c2cc(I)n3CC(F)(F)F)CC1. The molecule has 0 aliphatic carbocycles. The predicted molar refractivity (Wildman–Crippen MR) is 103 cm³/mol. The Bertz CT molecular complexity index is 797. The number of carbonyl (C=O) groups is 1. The van der Waals surface area contributed by atoms with Crippen LogP contribution in [0.25, 0.3) is 10.9 Å². The molecule has 1 aromatic carbocycles. The van der Waals surface area contributed by atoms with E-state index in [1.807, 2.05) is 29.6 Å². The maximum absolute atomic E-state index is 12.8. The molecule has 0 atom stereocenters. The van der Waals surface area contributed by atoms with Gasteiger partial charge in [0.1, 0.15) is 6.54 Å². The molecule has 2 N–H and O–H groups in total. The smallest absolute Gasteiger partial charge is 0.335 e. The van der Waals surface area contributed by atoms with Gasteiger partial charge in [0.25, 0.3) is 0 Å². The van der Waals surface area contributed by atoms with Crippen LogP contribution in [0.15, 0.2) is 24.3 Å². The standard InChI is InChI=1S/C17H20F3IN4O/c1-24-7-5-11(6-8-24)22-16(26)23-13-3-2-4-14-12(13)9-15(21)25(14)10-17(18,19)20/h2-4,9,11H,5-8,10H2,1H3,(H2,22,23,26). The minimum absolute atomic E-state index is 0.111. The fourth-order valence-corrected chi connectivity index (χ4v) is 3.94. The summed E-state index contributed by atoms with van der Waals surface area (Å²) in [6.07, 6.45) is -2.54. The first-order valence-corrected chi connectivity index (χ1v) is 9.41. The summed E-state index contributed by atoms with van der Waals surface area (Å²) in [5.74, 6) is 0.